The van der Waals surface area contributed by atoms with Gasteiger partial charge in [-0.3, -0.25) is 14.0 Å². The van der Waals surface area contributed by atoms with Gasteiger partial charge in [-0.1, -0.05) is 37.6 Å². The summed E-state index contributed by atoms with van der Waals surface area (Å²) in [6.45, 7) is 0.990. The minimum atomic E-state index is -0.582. The topological polar surface area (TPSA) is 63.6 Å². The molecule has 0 spiro atoms. The van der Waals surface area contributed by atoms with Gasteiger partial charge in [0.1, 0.15) is 37.4 Å². The van der Waals surface area contributed by atoms with E-state index in [9.17, 15) is 18.4 Å². The molecule has 0 heterocycles. The Morgan fingerprint density at radius 2 is 1.46 bits per heavy atom. The first kappa shape index (κ1) is 28.0. The van der Waals surface area contributed by atoms with Gasteiger partial charge in [0.25, 0.3) is 0 Å². The Labute approximate surface area is 174 Å². The lowest BCUT2D eigenvalue weighted by molar-refractivity contribution is 0.111. The number of aromatic hydroxyl groups is 1. The van der Waals surface area contributed by atoms with Crippen LogP contribution in [-0.2, 0) is 0 Å². The normalized spacial score (nSPS) is 8.89. The van der Waals surface area contributed by atoms with Crippen molar-refractivity contribution in [3.05, 3.63) is 57.6 Å². The molecule has 2 aromatic carbocycles. The number of phenols is 1. The molecule has 0 unspecified atom stereocenters. The Morgan fingerprint density at radius 1 is 0.964 bits per heavy atom. The van der Waals surface area contributed by atoms with E-state index in [0.29, 0.717) is 40.9 Å². The smallest absolute Gasteiger partial charge is 0.150 e. The van der Waals surface area contributed by atoms with Gasteiger partial charge in [0.15, 0.2) is 0 Å². The van der Waals surface area contributed by atoms with Crippen molar-refractivity contribution in [2.45, 2.75) is 20.8 Å². The van der Waals surface area contributed by atoms with Crippen LogP contribution in [0.1, 0.15) is 41.5 Å². The number of phenolic OH excluding ortho intramolecular Hbond substituents is 1. The zero-order chi connectivity index (χ0) is 20.7. The van der Waals surface area contributed by atoms with Crippen molar-refractivity contribution in [2.75, 3.05) is 20.0 Å². The SMILES string of the molecule is C.CCCF.O=Cc1ccc(Cl)c(O)c1.O=Cc1ccc(Cl)c(OCCF)c1. The molecule has 4 nitrogen and oxygen atoms in total. The third-order valence-electron chi connectivity index (χ3n) is 2.72. The van der Waals surface area contributed by atoms with Gasteiger partial charge in [-0.25, -0.2) is 4.39 Å². The highest BCUT2D eigenvalue weighted by molar-refractivity contribution is 6.32. The molecule has 0 saturated heterocycles. The molecule has 0 fully saturated rings. The summed E-state index contributed by atoms with van der Waals surface area (Å²) in [6, 6.07) is 8.91. The van der Waals surface area contributed by atoms with Crippen molar-refractivity contribution in [3.8, 4) is 11.5 Å². The average Bonchev–Trinajstić information content (AvgIpc) is 2.70. The van der Waals surface area contributed by atoms with Gasteiger partial charge < -0.3 is 9.84 Å². The second kappa shape index (κ2) is 17.0. The number of hydrogen-bond acceptors (Lipinski definition) is 4. The van der Waals surface area contributed by atoms with Gasteiger partial charge in [0, 0.05) is 11.1 Å². The van der Waals surface area contributed by atoms with E-state index in [1.807, 2.05) is 0 Å². The first-order chi connectivity index (χ1) is 12.9. The minimum absolute atomic E-state index is 0. The third-order valence-corrected chi connectivity index (χ3v) is 3.35. The van der Waals surface area contributed by atoms with Crippen LogP contribution >= 0.6 is 23.2 Å². The van der Waals surface area contributed by atoms with Crippen molar-refractivity contribution in [2.24, 2.45) is 0 Å². The largest absolute Gasteiger partial charge is 0.506 e. The molecule has 2 rings (SSSR count). The predicted octanol–water partition coefficient (Wildman–Crippen LogP) is 6.36. The van der Waals surface area contributed by atoms with Gasteiger partial charge >= 0.3 is 0 Å². The van der Waals surface area contributed by atoms with E-state index < -0.39 is 6.67 Å². The van der Waals surface area contributed by atoms with Crippen molar-refractivity contribution in [1.29, 1.82) is 0 Å². The molecule has 0 bridgehead atoms. The zero-order valence-electron chi connectivity index (χ0n) is 14.6. The van der Waals surface area contributed by atoms with Crippen LogP contribution in [0.25, 0.3) is 0 Å². The van der Waals surface area contributed by atoms with E-state index in [4.69, 9.17) is 33.0 Å². The van der Waals surface area contributed by atoms with Crippen LogP contribution in [0.15, 0.2) is 36.4 Å². The number of carbonyl (C=O) groups is 2. The Kier molecular flexibility index (Phi) is 17.0. The fourth-order valence-electron chi connectivity index (χ4n) is 1.46. The number of carbonyl (C=O) groups excluding carboxylic acids is 2. The molecule has 0 aliphatic heterocycles. The molecule has 0 aromatic heterocycles. The molecule has 0 atom stereocenters. The summed E-state index contributed by atoms with van der Waals surface area (Å²) in [5, 5.41) is 9.57. The molecule has 156 valence electrons. The standard InChI is InChI=1S/C9H8ClFO2.C7H5ClO2.C3H7F.CH4/c10-8-2-1-7(6-12)5-9(8)13-4-3-11;8-6-2-1-5(4-9)3-7(6)10;1-2-3-4;/h1-2,5-6H,3-4H2;1-4,10H;2-3H2,1H3;1H4. The summed E-state index contributed by atoms with van der Waals surface area (Å²) in [5.41, 5.74) is 0.875. The quantitative estimate of drug-likeness (QED) is 0.534. The molecule has 0 aliphatic carbocycles. The van der Waals surface area contributed by atoms with Crippen molar-refractivity contribution >= 4 is 35.8 Å². The molecular formula is C20H24Cl2F2O4. The molecule has 8 heteroatoms. The first-order valence-electron chi connectivity index (χ1n) is 7.86. The van der Waals surface area contributed by atoms with Crippen LogP contribution < -0.4 is 4.74 Å². The fraction of sp³-hybridized carbons (Fsp3) is 0.300. The monoisotopic (exact) mass is 436 g/mol. The maximum Gasteiger partial charge on any atom is 0.150 e. The lowest BCUT2D eigenvalue weighted by atomic mass is 10.2. The van der Waals surface area contributed by atoms with E-state index in [-0.39, 0.29) is 31.5 Å². The fourth-order valence-corrected chi connectivity index (χ4v) is 1.75. The second-order valence-corrected chi connectivity index (χ2v) is 5.68. The summed E-state index contributed by atoms with van der Waals surface area (Å²) in [7, 11) is 0. The molecule has 0 radical (unpaired) electrons. The number of rotatable bonds is 6. The van der Waals surface area contributed by atoms with Crippen molar-refractivity contribution in [3.63, 3.8) is 0 Å². The van der Waals surface area contributed by atoms with Gasteiger partial charge in [0.2, 0.25) is 0 Å². The van der Waals surface area contributed by atoms with Crippen LogP contribution in [0.4, 0.5) is 8.78 Å². The number of halogens is 4. The molecule has 2 aromatic rings. The molecule has 0 amide bonds. The van der Waals surface area contributed by atoms with E-state index in [1.54, 1.807) is 19.1 Å². The lowest BCUT2D eigenvalue weighted by Gasteiger charge is -2.05. The van der Waals surface area contributed by atoms with E-state index in [2.05, 4.69) is 0 Å². The van der Waals surface area contributed by atoms with E-state index in [1.165, 1.54) is 24.3 Å². The van der Waals surface area contributed by atoms with Gasteiger partial charge in [-0.05, 0) is 42.8 Å². The summed E-state index contributed by atoms with van der Waals surface area (Å²) < 4.78 is 27.4. The van der Waals surface area contributed by atoms with Crippen LogP contribution in [-0.4, -0.2) is 37.6 Å². The summed E-state index contributed by atoms with van der Waals surface area (Å²) in [6.07, 6.45) is 1.98. The average molecular weight is 437 g/mol. The molecular weight excluding hydrogens is 413 g/mol. The summed E-state index contributed by atoms with van der Waals surface area (Å²) in [5.74, 6) is 0.273. The zero-order valence-corrected chi connectivity index (χ0v) is 16.1. The Hall–Kier alpha value is -2.18. The molecule has 0 aliphatic rings. The maximum absolute atomic E-state index is 11.8. The van der Waals surface area contributed by atoms with Crippen molar-refractivity contribution in [1.82, 2.24) is 0 Å². The minimum Gasteiger partial charge on any atom is -0.506 e. The first-order valence-corrected chi connectivity index (χ1v) is 8.62. The summed E-state index contributed by atoms with van der Waals surface area (Å²) >= 11 is 11.2. The van der Waals surface area contributed by atoms with Crippen LogP contribution in [0.3, 0.4) is 0 Å². The molecule has 0 saturated carbocycles. The van der Waals surface area contributed by atoms with E-state index in [0.717, 1.165) is 0 Å². The highest BCUT2D eigenvalue weighted by Gasteiger charge is 2.02. The Bertz CT molecular complexity index is 711. The number of ether oxygens (including phenoxy) is 1. The molecule has 1 N–H and O–H groups in total. The van der Waals surface area contributed by atoms with Crippen LogP contribution in [0.5, 0.6) is 11.5 Å². The van der Waals surface area contributed by atoms with E-state index >= 15 is 0 Å². The van der Waals surface area contributed by atoms with Crippen molar-refractivity contribution < 1.29 is 28.2 Å². The number of aldehydes is 2. The van der Waals surface area contributed by atoms with Gasteiger partial charge in [-0.2, -0.15) is 0 Å². The second-order valence-electron chi connectivity index (χ2n) is 4.86. The highest BCUT2D eigenvalue weighted by atomic mass is 35.5. The highest BCUT2D eigenvalue weighted by Crippen LogP contribution is 2.25. The number of alkyl halides is 2. The van der Waals surface area contributed by atoms with Crippen LogP contribution in [0.2, 0.25) is 10.0 Å². The summed E-state index contributed by atoms with van der Waals surface area (Å²) in [4.78, 5) is 20.5. The lowest BCUT2D eigenvalue weighted by Crippen LogP contribution is -1.99. The third kappa shape index (κ3) is 11.5. The van der Waals surface area contributed by atoms with Crippen LogP contribution in [0, 0.1) is 0 Å². The number of hydrogen-bond donors (Lipinski definition) is 1. The van der Waals surface area contributed by atoms with Gasteiger partial charge in [-0.15, -0.1) is 0 Å². The number of benzene rings is 2. The van der Waals surface area contributed by atoms with Gasteiger partial charge in [0.05, 0.1) is 16.7 Å². The predicted molar refractivity (Wildman–Crippen MR) is 110 cm³/mol. The molecule has 28 heavy (non-hydrogen) atoms. The Morgan fingerprint density at radius 3 is 1.89 bits per heavy atom. The Balaban J connectivity index is 0. The maximum atomic E-state index is 11.8.